The molecule has 0 saturated carbocycles. The number of rotatable bonds is 6. The molecule has 1 aromatic carbocycles. The molecule has 0 heterocycles. The van der Waals surface area contributed by atoms with Gasteiger partial charge in [-0.25, -0.2) is 0 Å². The predicted octanol–water partition coefficient (Wildman–Crippen LogP) is 3.01. The first-order valence-electron chi connectivity index (χ1n) is 7.20. The van der Waals surface area contributed by atoms with Crippen molar-refractivity contribution in [3.8, 4) is 0 Å². The van der Waals surface area contributed by atoms with Crippen LogP contribution in [-0.2, 0) is 11.8 Å². The average molecular weight is 319 g/mol. The highest BCUT2D eigenvalue weighted by Crippen LogP contribution is 2.32. The van der Waals surface area contributed by atoms with E-state index in [4.69, 9.17) is 0 Å². The number of hydrogen-bond donors (Lipinski definition) is 2. The summed E-state index contributed by atoms with van der Waals surface area (Å²) in [4.78, 5) is 1.81. The van der Waals surface area contributed by atoms with Crippen LogP contribution < -0.4 is 0 Å². The summed E-state index contributed by atoms with van der Waals surface area (Å²) in [5, 5.41) is 20.4. The van der Waals surface area contributed by atoms with Gasteiger partial charge in [-0.1, -0.05) is 19.1 Å². The fourth-order valence-corrected chi connectivity index (χ4v) is 2.38. The number of nitrogens with zero attached hydrogens (tertiary/aromatic N) is 1. The van der Waals surface area contributed by atoms with Crippen LogP contribution in [0.25, 0.3) is 0 Å². The molecule has 2 N–H and O–H groups in total. The van der Waals surface area contributed by atoms with Crippen LogP contribution in [0.5, 0.6) is 0 Å². The fourth-order valence-electron chi connectivity index (χ4n) is 2.38. The summed E-state index contributed by atoms with van der Waals surface area (Å²) in [6.45, 7) is 7.67. The molecule has 0 radical (unpaired) electrons. The van der Waals surface area contributed by atoms with Gasteiger partial charge >= 0.3 is 6.18 Å². The SMILES string of the molecule is CCN(CC(C)(C)O)CC(C)(O)c1cccc(C(F)(F)F)c1. The molecular weight excluding hydrogens is 295 g/mol. The van der Waals surface area contributed by atoms with Gasteiger partial charge in [0.25, 0.3) is 0 Å². The van der Waals surface area contributed by atoms with E-state index in [1.54, 1.807) is 18.7 Å². The molecule has 0 amide bonds. The number of aliphatic hydroxyl groups is 2. The van der Waals surface area contributed by atoms with Crippen molar-refractivity contribution in [2.24, 2.45) is 0 Å². The van der Waals surface area contributed by atoms with E-state index in [-0.39, 0.29) is 12.1 Å². The van der Waals surface area contributed by atoms with Gasteiger partial charge < -0.3 is 10.2 Å². The van der Waals surface area contributed by atoms with Crippen molar-refractivity contribution in [2.45, 2.75) is 45.1 Å². The summed E-state index contributed by atoms with van der Waals surface area (Å²) < 4.78 is 38.3. The molecule has 0 aliphatic heterocycles. The highest BCUT2D eigenvalue weighted by Gasteiger charge is 2.33. The van der Waals surface area contributed by atoms with Gasteiger partial charge in [-0.05, 0) is 45.0 Å². The molecule has 0 saturated heterocycles. The number of likely N-dealkylation sites (N-methyl/N-ethyl adjacent to an activating group) is 1. The molecule has 0 aliphatic rings. The van der Waals surface area contributed by atoms with Crippen molar-refractivity contribution in [1.82, 2.24) is 4.90 Å². The van der Waals surface area contributed by atoms with Gasteiger partial charge in [0.15, 0.2) is 0 Å². The Bertz CT molecular complexity index is 493. The number of alkyl halides is 3. The van der Waals surface area contributed by atoms with Gasteiger partial charge in [0.1, 0.15) is 0 Å². The number of hydrogen-bond acceptors (Lipinski definition) is 3. The van der Waals surface area contributed by atoms with Crippen LogP contribution in [0.3, 0.4) is 0 Å². The lowest BCUT2D eigenvalue weighted by Gasteiger charge is -2.34. The van der Waals surface area contributed by atoms with Gasteiger partial charge in [0.05, 0.1) is 16.8 Å². The zero-order valence-corrected chi connectivity index (χ0v) is 13.4. The molecule has 0 fully saturated rings. The zero-order chi connectivity index (χ0) is 17.2. The van der Waals surface area contributed by atoms with Crippen LogP contribution in [-0.4, -0.2) is 40.3 Å². The number of halogens is 3. The standard InChI is InChI=1S/C16H24F3NO2/c1-5-20(10-14(2,3)21)11-15(4,22)12-7-6-8-13(9-12)16(17,18)19/h6-9,21-22H,5,10-11H2,1-4H3. The Morgan fingerprint density at radius 1 is 1.00 bits per heavy atom. The van der Waals surface area contributed by atoms with Crippen molar-refractivity contribution >= 4 is 0 Å². The van der Waals surface area contributed by atoms with Gasteiger partial charge in [0, 0.05) is 13.1 Å². The summed E-state index contributed by atoms with van der Waals surface area (Å²) in [6.07, 6.45) is -4.44. The van der Waals surface area contributed by atoms with E-state index < -0.39 is 22.9 Å². The molecular formula is C16H24F3NO2. The zero-order valence-electron chi connectivity index (χ0n) is 13.4. The number of benzene rings is 1. The van der Waals surface area contributed by atoms with Crippen molar-refractivity contribution in [3.63, 3.8) is 0 Å². The Morgan fingerprint density at radius 2 is 1.55 bits per heavy atom. The van der Waals surface area contributed by atoms with E-state index in [0.717, 1.165) is 12.1 Å². The lowest BCUT2D eigenvalue weighted by atomic mass is 9.93. The third kappa shape index (κ3) is 5.59. The second kappa shape index (κ2) is 6.56. The summed E-state index contributed by atoms with van der Waals surface area (Å²) in [5.74, 6) is 0. The van der Waals surface area contributed by atoms with Crippen molar-refractivity contribution < 1.29 is 23.4 Å². The summed E-state index contributed by atoms with van der Waals surface area (Å²) in [5.41, 5.74) is -2.96. The smallest absolute Gasteiger partial charge is 0.389 e. The van der Waals surface area contributed by atoms with Crippen LogP contribution in [0.4, 0.5) is 13.2 Å². The molecule has 0 aromatic heterocycles. The molecule has 0 aliphatic carbocycles. The van der Waals surface area contributed by atoms with Crippen molar-refractivity contribution in [2.75, 3.05) is 19.6 Å². The third-order valence-electron chi connectivity index (χ3n) is 3.40. The van der Waals surface area contributed by atoms with Crippen molar-refractivity contribution in [1.29, 1.82) is 0 Å². The van der Waals surface area contributed by atoms with Crippen molar-refractivity contribution in [3.05, 3.63) is 35.4 Å². The molecule has 0 bridgehead atoms. The third-order valence-corrected chi connectivity index (χ3v) is 3.40. The monoisotopic (exact) mass is 319 g/mol. The Hall–Kier alpha value is -1.11. The summed E-state index contributed by atoms with van der Waals surface area (Å²) in [6, 6.07) is 4.72. The summed E-state index contributed by atoms with van der Waals surface area (Å²) in [7, 11) is 0. The molecule has 1 unspecified atom stereocenters. The summed E-state index contributed by atoms with van der Waals surface area (Å²) >= 11 is 0. The minimum Gasteiger partial charge on any atom is -0.389 e. The molecule has 22 heavy (non-hydrogen) atoms. The lowest BCUT2D eigenvalue weighted by molar-refractivity contribution is -0.137. The van der Waals surface area contributed by atoms with E-state index in [1.165, 1.54) is 19.1 Å². The van der Waals surface area contributed by atoms with E-state index in [2.05, 4.69) is 0 Å². The molecule has 0 spiro atoms. The molecule has 1 aromatic rings. The van der Waals surface area contributed by atoms with Gasteiger partial charge in [0.2, 0.25) is 0 Å². The Labute approximate surface area is 129 Å². The second-order valence-electron chi connectivity index (χ2n) is 6.47. The molecule has 6 heteroatoms. The Morgan fingerprint density at radius 3 is 2.00 bits per heavy atom. The molecule has 1 rings (SSSR count). The fraction of sp³-hybridized carbons (Fsp3) is 0.625. The van der Waals surface area contributed by atoms with Crippen LogP contribution >= 0.6 is 0 Å². The van der Waals surface area contributed by atoms with Gasteiger partial charge in [-0.3, -0.25) is 4.90 Å². The van der Waals surface area contributed by atoms with Crippen LogP contribution in [0.1, 0.15) is 38.8 Å². The normalized spacial score (nSPS) is 15.9. The predicted molar refractivity (Wildman–Crippen MR) is 79.4 cm³/mol. The highest BCUT2D eigenvalue weighted by molar-refractivity contribution is 5.29. The van der Waals surface area contributed by atoms with Gasteiger partial charge in [-0.15, -0.1) is 0 Å². The lowest BCUT2D eigenvalue weighted by Crippen LogP contribution is -2.45. The quantitative estimate of drug-likeness (QED) is 0.847. The first-order chi connectivity index (χ1) is 9.85. The second-order valence-corrected chi connectivity index (χ2v) is 6.47. The van der Waals surface area contributed by atoms with Crippen LogP contribution in [0, 0.1) is 0 Å². The van der Waals surface area contributed by atoms with E-state index >= 15 is 0 Å². The van der Waals surface area contributed by atoms with Gasteiger partial charge in [-0.2, -0.15) is 13.2 Å². The maximum atomic E-state index is 12.8. The first kappa shape index (κ1) is 18.9. The van der Waals surface area contributed by atoms with E-state index in [1.807, 2.05) is 6.92 Å². The average Bonchev–Trinajstić information content (AvgIpc) is 2.35. The molecule has 126 valence electrons. The topological polar surface area (TPSA) is 43.7 Å². The maximum absolute atomic E-state index is 12.8. The van der Waals surface area contributed by atoms with E-state index in [9.17, 15) is 23.4 Å². The first-order valence-corrected chi connectivity index (χ1v) is 7.20. The van der Waals surface area contributed by atoms with Crippen LogP contribution in [0.2, 0.25) is 0 Å². The highest BCUT2D eigenvalue weighted by atomic mass is 19.4. The minimum atomic E-state index is -4.44. The molecule has 1 atom stereocenters. The Kier molecular flexibility index (Phi) is 5.65. The minimum absolute atomic E-state index is 0.134. The van der Waals surface area contributed by atoms with E-state index in [0.29, 0.717) is 13.1 Å². The largest absolute Gasteiger partial charge is 0.416 e. The maximum Gasteiger partial charge on any atom is 0.416 e. The van der Waals surface area contributed by atoms with Crippen LogP contribution in [0.15, 0.2) is 24.3 Å². The Balaban J connectivity index is 2.98. The molecule has 3 nitrogen and oxygen atoms in total.